The van der Waals surface area contributed by atoms with Crippen molar-refractivity contribution in [3.8, 4) is 17.3 Å². The maximum Gasteiger partial charge on any atom is 0.417 e. The number of rotatable bonds is 7. The number of hydrogen-bond donors (Lipinski definition) is 1. The van der Waals surface area contributed by atoms with E-state index in [2.05, 4.69) is 20.1 Å². The summed E-state index contributed by atoms with van der Waals surface area (Å²) in [6, 6.07) is 6.32. The van der Waals surface area contributed by atoms with Crippen LogP contribution in [0.3, 0.4) is 0 Å². The second kappa shape index (κ2) is 9.20. The summed E-state index contributed by atoms with van der Waals surface area (Å²) in [5, 5.41) is 6.64. The molecule has 0 aliphatic heterocycles. The summed E-state index contributed by atoms with van der Waals surface area (Å²) in [5.41, 5.74) is 0.0958. The van der Waals surface area contributed by atoms with Gasteiger partial charge in [-0.05, 0) is 36.8 Å². The Morgan fingerprint density at radius 1 is 1.16 bits per heavy atom. The van der Waals surface area contributed by atoms with E-state index in [9.17, 15) is 26.7 Å². The van der Waals surface area contributed by atoms with Gasteiger partial charge >= 0.3 is 12.8 Å². The van der Waals surface area contributed by atoms with Crippen molar-refractivity contribution in [2.75, 3.05) is 7.11 Å². The molecule has 0 saturated carbocycles. The molecular formula is C20H17F5N4O3. The lowest BCUT2D eigenvalue weighted by Gasteiger charge is -2.12. The zero-order chi connectivity index (χ0) is 23.5. The van der Waals surface area contributed by atoms with E-state index in [1.54, 1.807) is 13.0 Å². The number of benzene rings is 1. The minimum Gasteiger partial charge on any atom is -0.493 e. The summed E-state index contributed by atoms with van der Waals surface area (Å²) in [7, 11) is 1.31. The van der Waals surface area contributed by atoms with Crippen molar-refractivity contribution < 1.29 is 36.2 Å². The minimum absolute atomic E-state index is 0.00836. The van der Waals surface area contributed by atoms with Gasteiger partial charge in [-0.3, -0.25) is 4.79 Å². The predicted octanol–water partition coefficient (Wildman–Crippen LogP) is 4.13. The average Bonchev–Trinajstić information content (AvgIpc) is 3.12. The van der Waals surface area contributed by atoms with Crippen LogP contribution >= 0.6 is 0 Å². The van der Waals surface area contributed by atoms with Crippen molar-refractivity contribution in [1.82, 2.24) is 20.1 Å². The Kier molecular flexibility index (Phi) is 6.61. The van der Waals surface area contributed by atoms with Crippen molar-refractivity contribution in [2.45, 2.75) is 26.3 Å². The summed E-state index contributed by atoms with van der Waals surface area (Å²) in [5.74, 6) is -0.473. The van der Waals surface area contributed by atoms with Gasteiger partial charge < -0.3 is 14.8 Å². The number of hydrogen-bond acceptors (Lipinski definition) is 5. The molecule has 0 radical (unpaired) electrons. The first-order valence-electron chi connectivity index (χ1n) is 9.08. The molecule has 12 heteroatoms. The van der Waals surface area contributed by atoms with E-state index in [0.717, 1.165) is 12.1 Å². The highest BCUT2D eigenvalue weighted by molar-refractivity contribution is 5.95. The second-order valence-electron chi connectivity index (χ2n) is 6.50. The van der Waals surface area contributed by atoms with Gasteiger partial charge in [-0.25, -0.2) is 9.67 Å². The molecule has 32 heavy (non-hydrogen) atoms. The molecule has 2 heterocycles. The lowest BCUT2D eigenvalue weighted by atomic mass is 10.2. The first kappa shape index (κ1) is 23.0. The van der Waals surface area contributed by atoms with Crippen LogP contribution in [0.1, 0.15) is 27.2 Å². The van der Waals surface area contributed by atoms with Crippen LogP contribution in [-0.4, -0.2) is 34.4 Å². The maximum absolute atomic E-state index is 12.7. The quantitative estimate of drug-likeness (QED) is 0.541. The predicted molar refractivity (Wildman–Crippen MR) is 102 cm³/mol. The number of pyridine rings is 1. The fourth-order valence-corrected chi connectivity index (χ4v) is 2.84. The van der Waals surface area contributed by atoms with Gasteiger partial charge in [0.05, 0.1) is 30.1 Å². The monoisotopic (exact) mass is 456 g/mol. The standard InChI is InChI=1S/C20H17F5N4O3/c1-11-14(10-28-29(11)17-6-4-13(9-26-17)20(23,24)25)18(30)27-8-12-3-5-15(31-2)16(7-12)32-19(21)22/h3-7,9-10,19H,8H2,1-2H3,(H,27,30). The average molecular weight is 456 g/mol. The summed E-state index contributed by atoms with van der Waals surface area (Å²) >= 11 is 0. The van der Waals surface area contributed by atoms with E-state index < -0.39 is 24.3 Å². The molecule has 170 valence electrons. The van der Waals surface area contributed by atoms with Crippen LogP contribution in [0.4, 0.5) is 22.0 Å². The van der Waals surface area contributed by atoms with Gasteiger partial charge in [-0.1, -0.05) is 6.07 Å². The van der Waals surface area contributed by atoms with Crippen LogP contribution in [-0.2, 0) is 12.7 Å². The highest BCUT2D eigenvalue weighted by Gasteiger charge is 2.30. The Balaban J connectivity index is 1.72. The molecule has 0 unspecified atom stereocenters. The largest absolute Gasteiger partial charge is 0.493 e. The molecule has 0 saturated heterocycles. The normalized spacial score (nSPS) is 11.5. The SMILES string of the molecule is COc1ccc(CNC(=O)c2cnn(-c3ccc(C(F)(F)F)cn3)c2C)cc1OC(F)F. The lowest BCUT2D eigenvalue weighted by Crippen LogP contribution is -2.23. The number of halogens is 5. The molecule has 0 fully saturated rings. The third-order valence-electron chi connectivity index (χ3n) is 4.44. The number of carbonyl (C=O) groups is 1. The number of nitrogens with zero attached hydrogens (tertiary/aromatic N) is 3. The van der Waals surface area contributed by atoms with Gasteiger partial charge in [0.15, 0.2) is 17.3 Å². The number of aromatic nitrogens is 3. The maximum atomic E-state index is 12.7. The lowest BCUT2D eigenvalue weighted by molar-refractivity contribution is -0.137. The Morgan fingerprint density at radius 2 is 1.91 bits per heavy atom. The van der Waals surface area contributed by atoms with E-state index in [1.807, 2.05) is 0 Å². The van der Waals surface area contributed by atoms with Gasteiger partial charge in [0.25, 0.3) is 5.91 Å². The van der Waals surface area contributed by atoms with Crippen molar-refractivity contribution in [3.05, 3.63) is 65.1 Å². The summed E-state index contributed by atoms with van der Waals surface area (Å²) in [4.78, 5) is 16.3. The van der Waals surface area contributed by atoms with Crippen LogP contribution in [0.15, 0.2) is 42.7 Å². The molecule has 7 nitrogen and oxygen atoms in total. The number of carbonyl (C=O) groups excluding carboxylic acids is 1. The number of nitrogens with one attached hydrogen (secondary N) is 1. The van der Waals surface area contributed by atoms with Gasteiger partial charge in [-0.15, -0.1) is 0 Å². The topological polar surface area (TPSA) is 78.3 Å². The Labute approximate surface area is 178 Å². The number of ether oxygens (including phenoxy) is 2. The molecule has 3 aromatic rings. The minimum atomic E-state index is -4.52. The van der Waals surface area contributed by atoms with Crippen LogP contribution in [0.25, 0.3) is 5.82 Å². The third kappa shape index (κ3) is 5.13. The third-order valence-corrected chi connectivity index (χ3v) is 4.44. The van der Waals surface area contributed by atoms with Crippen LogP contribution in [0.5, 0.6) is 11.5 Å². The molecular weight excluding hydrogens is 439 g/mol. The number of amides is 1. The van der Waals surface area contributed by atoms with E-state index in [1.165, 1.54) is 30.1 Å². The van der Waals surface area contributed by atoms with Crippen LogP contribution in [0, 0.1) is 6.92 Å². The molecule has 0 bridgehead atoms. The highest BCUT2D eigenvalue weighted by Crippen LogP contribution is 2.30. The van der Waals surface area contributed by atoms with E-state index in [0.29, 0.717) is 17.5 Å². The Bertz CT molecular complexity index is 1100. The van der Waals surface area contributed by atoms with Crippen molar-refractivity contribution in [2.24, 2.45) is 0 Å². The molecule has 0 atom stereocenters. The first-order valence-corrected chi connectivity index (χ1v) is 9.08. The Morgan fingerprint density at radius 3 is 2.50 bits per heavy atom. The van der Waals surface area contributed by atoms with Gasteiger partial charge in [-0.2, -0.15) is 27.1 Å². The number of alkyl halides is 5. The Hall–Kier alpha value is -3.70. The van der Waals surface area contributed by atoms with Crippen molar-refractivity contribution in [1.29, 1.82) is 0 Å². The summed E-state index contributed by atoms with van der Waals surface area (Å²) in [6.07, 6.45) is -2.58. The molecule has 0 aliphatic carbocycles. The smallest absolute Gasteiger partial charge is 0.417 e. The van der Waals surface area contributed by atoms with E-state index in [-0.39, 0.29) is 29.4 Å². The fraction of sp³-hybridized carbons (Fsp3) is 0.250. The zero-order valence-corrected chi connectivity index (χ0v) is 16.8. The summed E-state index contributed by atoms with van der Waals surface area (Å²) < 4.78 is 73.8. The van der Waals surface area contributed by atoms with Crippen molar-refractivity contribution >= 4 is 5.91 Å². The molecule has 1 N–H and O–H groups in total. The molecule has 0 spiro atoms. The molecule has 1 aromatic carbocycles. The van der Waals surface area contributed by atoms with Crippen LogP contribution < -0.4 is 14.8 Å². The van der Waals surface area contributed by atoms with E-state index >= 15 is 0 Å². The van der Waals surface area contributed by atoms with Gasteiger partial charge in [0.1, 0.15) is 0 Å². The van der Waals surface area contributed by atoms with Crippen molar-refractivity contribution in [3.63, 3.8) is 0 Å². The van der Waals surface area contributed by atoms with Crippen LogP contribution in [0.2, 0.25) is 0 Å². The van der Waals surface area contributed by atoms with Gasteiger partial charge in [0, 0.05) is 12.7 Å². The molecule has 0 aliphatic rings. The zero-order valence-electron chi connectivity index (χ0n) is 16.8. The fourth-order valence-electron chi connectivity index (χ4n) is 2.84. The molecule has 2 aromatic heterocycles. The highest BCUT2D eigenvalue weighted by atomic mass is 19.4. The van der Waals surface area contributed by atoms with E-state index in [4.69, 9.17) is 4.74 Å². The second-order valence-corrected chi connectivity index (χ2v) is 6.50. The molecule has 3 rings (SSSR count). The number of methoxy groups -OCH3 is 1. The summed E-state index contributed by atoms with van der Waals surface area (Å²) in [6.45, 7) is -1.49. The molecule has 1 amide bonds. The first-order chi connectivity index (χ1) is 15.1. The van der Waals surface area contributed by atoms with Gasteiger partial charge in [0.2, 0.25) is 0 Å².